The van der Waals surface area contributed by atoms with Crippen LogP contribution in [0.2, 0.25) is 0 Å². The van der Waals surface area contributed by atoms with Crippen LogP contribution < -0.4 is 5.32 Å². The second-order valence-corrected chi connectivity index (χ2v) is 15.2. The Balaban J connectivity index is 0.971. The van der Waals surface area contributed by atoms with Gasteiger partial charge in [0.05, 0.1) is 11.2 Å². The van der Waals surface area contributed by atoms with Gasteiger partial charge in [-0.2, -0.15) is 0 Å². The van der Waals surface area contributed by atoms with Crippen LogP contribution in [0.15, 0.2) is 209 Å². The van der Waals surface area contributed by atoms with Crippen LogP contribution in [0.3, 0.4) is 0 Å². The summed E-state index contributed by atoms with van der Waals surface area (Å²) in [6, 6.07) is 68.1. The molecule has 0 amide bonds. The van der Waals surface area contributed by atoms with Gasteiger partial charge >= 0.3 is 0 Å². The number of aliphatic imine (C=N–C) groups is 2. The molecule has 0 spiro atoms. The van der Waals surface area contributed by atoms with Gasteiger partial charge in [-0.25, -0.2) is 15.0 Å². The van der Waals surface area contributed by atoms with E-state index in [0.717, 1.165) is 93.9 Å². The van der Waals surface area contributed by atoms with Crippen molar-refractivity contribution in [2.45, 2.75) is 6.17 Å². The van der Waals surface area contributed by atoms with Gasteiger partial charge in [0.2, 0.25) is 0 Å². The summed E-state index contributed by atoms with van der Waals surface area (Å²) in [4.78, 5) is 15.6. The average molecular weight is 755 g/mol. The van der Waals surface area contributed by atoms with Crippen molar-refractivity contribution in [1.82, 2.24) is 10.3 Å². The highest BCUT2D eigenvalue weighted by molar-refractivity contribution is 6.25. The van der Waals surface area contributed by atoms with E-state index in [0.29, 0.717) is 5.84 Å². The van der Waals surface area contributed by atoms with Crippen LogP contribution >= 0.6 is 0 Å². The van der Waals surface area contributed by atoms with E-state index < -0.39 is 0 Å². The maximum Gasteiger partial charge on any atom is 0.159 e. The molecular formula is C54H34N4O. The number of furan rings is 1. The van der Waals surface area contributed by atoms with Gasteiger partial charge in [0.25, 0.3) is 0 Å². The molecule has 11 aromatic rings. The van der Waals surface area contributed by atoms with Crippen molar-refractivity contribution in [3.05, 3.63) is 211 Å². The molecule has 1 N–H and O–H groups in total. The molecule has 276 valence electrons. The predicted octanol–water partition coefficient (Wildman–Crippen LogP) is 13.4. The Bertz CT molecular complexity index is 3550. The quantitative estimate of drug-likeness (QED) is 0.178. The smallest absolute Gasteiger partial charge is 0.159 e. The maximum absolute atomic E-state index is 6.77. The van der Waals surface area contributed by atoms with Crippen LogP contribution in [0.1, 0.15) is 22.9 Å². The number of aromatic nitrogens is 1. The van der Waals surface area contributed by atoms with E-state index in [-0.39, 0.29) is 6.17 Å². The molecule has 0 aliphatic carbocycles. The first kappa shape index (κ1) is 33.3. The number of nitrogens with zero attached hydrogens (tertiary/aromatic N) is 3. The SMILES string of the molecule is c1ccc(-c2nc3ccccc3c3c2ccc2c4cc(-c5cccc(C6=NC(c7ccc8ccccc8c7)=NC(c7ccc8ccccc8c7)N6)c5)ccc4oc23)cc1. The van der Waals surface area contributed by atoms with Crippen molar-refractivity contribution < 1.29 is 4.42 Å². The number of hydrogen-bond donors (Lipinski definition) is 1. The molecule has 1 aliphatic rings. The fraction of sp³-hybridized carbons (Fsp3) is 0.0185. The minimum atomic E-state index is -0.325. The van der Waals surface area contributed by atoms with Crippen LogP contribution in [0.5, 0.6) is 0 Å². The van der Waals surface area contributed by atoms with E-state index in [9.17, 15) is 0 Å². The third-order valence-electron chi connectivity index (χ3n) is 11.7. The van der Waals surface area contributed by atoms with Gasteiger partial charge in [0, 0.05) is 43.6 Å². The molecule has 1 unspecified atom stereocenters. The molecule has 1 atom stereocenters. The van der Waals surface area contributed by atoms with Gasteiger partial charge < -0.3 is 9.73 Å². The third kappa shape index (κ3) is 5.66. The summed E-state index contributed by atoms with van der Waals surface area (Å²) >= 11 is 0. The summed E-state index contributed by atoms with van der Waals surface area (Å²) in [7, 11) is 0. The fourth-order valence-electron chi connectivity index (χ4n) is 8.71. The maximum atomic E-state index is 6.77. The highest BCUT2D eigenvalue weighted by Crippen LogP contribution is 2.41. The Kier molecular flexibility index (Phi) is 7.53. The van der Waals surface area contributed by atoms with Gasteiger partial charge in [0.15, 0.2) is 5.84 Å². The lowest BCUT2D eigenvalue weighted by Gasteiger charge is -2.24. The standard InChI is InChI=1S/C54H34N4O/c1-2-13-35(14-3-1)50-45-27-26-43-46-32-39(25-28-48(46)59-51(43)49(45)44-19-8-9-20-47(44)55-50)38-17-10-18-40(31-38)52-56-53(41-23-21-33-11-4-6-15-36(33)29-41)58-54(57-52)42-24-22-34-12-5-7-16-37(34)30-42/h1-32,53H,(H,56,57,58). The normalized spacial score (nSPS) is 14.3. The van der Waals surface area contributed by atoms with Crippen LogP contribution in [0.4, 0.5) is 0 Å². The summed E-state index contributed by atoms with van der Waals surface area (Å²) in [5, 5.41) is 13.8. The van der Waals surface area contributed by atoms with Crippen molar-refractivity contribution in [2.24, 2.45) is 9.98 Å². The molecule has 2 aromatic heterocycles. The van der Waals surface area contributed by atoms with E-state index in [4.69, 9.17) is 19.4 Å². The van der Waals surface area contributed by atoms with Gasteiger partial charge in [0.1, 0.15) is 23.2 Å². The molecule has 5 nitrogen and oxygen atoms in total. The van der Waals surface area contributed by atoms with Gasteiger partial charge in [-0.1, -0.05) is 152 Å². The van der Waals surface area contributed by atoms with Crippen LogP contribution in [0, 0.1) is 0 Å². The van der Waals surface area contributed by atoms with Gasteiger partial charge in [-0.05, 0) is 80.7 Å². The zero-order valence-corrected chi connectivity index (χ0v) is 31.8. The third-order valence-corrected chi connectivity index (χ3v) is 11.7. The molecule has 0 saturated heterocycles. The van der Waals surface area contributed by atoms with E-state index in [1.807, 2.05) is 12.1 Å². The van der Waals surface area contributed by atoms with Gasteiger partial charge in [-0.15, -0.1) is 0 Å². The number of amidine groups is 2. The minimum Gasteiger partial charge on any atom is -0.455 e. The molecule has 12 rings (SSSR count). The van der Waals surface area contributed by atoms with Crippen molar-refractivity contribution in [3.8, 4) is 22.4 Å². The number of benzene rings is 9. The van der Waals surface area contributed by atoms with Crippen molar-refractivity contribution in [2.75, 3.05) is 0 Å². The largest absolute Gasteiger partial charge is 0.455 e. The molecule has 1 aliphatic heterocycles. The lowest BCUT2D eigenvalue weighted by atomic mass is 9.97. The molecule has 3 heterocycles. The van der Waals surface area contributed by atoms with Crippen molar-refractivity contribution in [1.29, 1.82) is 0 Å². The number of pyridine rings is 1. The van der Waals surface area contributed by atoms with Gasteiger partial charge in [-0.3, -0.25) is 0 Å². The zero-order chi connectivity index (χ0) is 38.9. The Labute approximate surface area is 339 Å². The summed E-state index contributed by atoms with van der Waals surface area (Å²) in [6.45, 7) is 0. The van der Waals surface area contributed by atoms with E-state index in [1.54, 1.807) is 0 Å². The molecule has 0 radical (unpaired) electrons. The van der Waals surface area contributed by atoms with E-state index in [1.165, 1.54) is 16.2 Å². The molecule has 59 heavy (non-hydrogen) atoms. The summed E-state index contributed by atoms with van der Waals surface area (Å²) in [5.74, 6) is 1.48. The summed E-state index contributed by atoms with van der Waals surface area (Å²) in [6.07, 6.45) is -0.325. The van der Waals surface area contributed by atoms with Crippen molar-refractivity contribution in [3.63, 3.8) is 0 Å². The fourth-order valence-corrected chi connectivity index (χ4v) is 8.71. The Morgan fingerprint density at radius 3 is 1.98 bits per heavy atom. The second-order valence-electron chi connectivity index (χ2n) is 15.2. The first-order valence-electron chi connectivity index (χ1n) is 20.0. The average Bonchev–Trinajstić information content (AvgIpc) is 3.69. The zero-order valence-electron chi connectivity index (χ0n) is 31.8. The first-order valence-corrected chi connectivity index (χ1v) is 20.0. The topological polar surface area (TPSA) is 62.8 Å². The number of para-hydroxylation sites is 1. The first-order chi connectivity index (χ1) is 29.2. The van der Waals surface area contributed by atoms with Crippen molar-refractivity contribution >= 4 is 76.8 Å². The summed E-state index contributed by atoms with van der Waals surface area (Å²) < 4.78 is 6.77. The number of nitrogens with one attached hydrogen (secondary N) is 1. The van der Waals surface area contributed by atoms with Crippen LogP contribution in [-0.4, -0.2) is 16.7 Å². The molecular weight excluding hydrogens is 721 g/mol. The van der Waals surface area contributed by atoms with E-state index >= 15 is 0 Å². The predicted molar refractivity (Wildman–Crippen MR) is 244 cm³/mol. The molecule has 0 fully saturated rings. The number of hydrogen-bond acceptors (Lipinski definition) is 5. The van der Waals surface area contributed by atoms with Crippen LogP contribution in [-0.2, 0) is 0 Å². The molecule has 0 bridgehead atoms. The summed E-state index contributed by atoms with van der Waals surface area (Å²) in [5.41, 5.74) is 9.93. The molecule has 9 aromatic carbocycles. The van der Waals surface area contributed by atoms with Crippen LogP contribution in [0.25, 0.3) is 87.5 Å². The van der Waals surface area contributed by atoms with E-state index in [2.05, 4.69) is 187 Å². The Morgan fingerprint density at radius 1 is 0.441 bits per heavy atom. The Hall–Kier alpha value is -7.89. The number of fused-ring (bicyclic) bond motifs is 9. The molecule has 5 heteroatoms. The molecule has 0 saturated carbocycles. The monoisotopic (exact) mass is 754 g/mol. The lowest BCUT2D eigenvalue weighted by Crippen LogP contribution is -2.33. The minimum absolute atomic E-state index is 0.325. The Morgan fingerprint density at radius 2 is 1.12 bits per heavy atom. The highest BCUT2D eigenvalue weighted by Gasteiger charge is 2.23. The number of rotatable bonds is 5. The lowest BCUT2D eigenvalue weighted by molar-refractivity contribution is 0.673. The highest BCUT2D eigenvalue weighted by atomic mass is 16.3. The second kappa shape index (κ2) is 13.4.